The summed E-state index contributed by atoms with van der Waals surface area (Å²) in [7, 11) is 1.51. The maximum atomic E-state index is 13.1. The van der Waals surface area contributed by atoms with Crippen molar-refractivity contribution in [1.82, 2.24) is 0 Å². The fourth-order valence-corrected chi connectivity index (χ4v) is 2.18. The molecule has 0 spiro atoms. The van der Waals surface area contributed by atoms with E-state index in [1.807, 2.05) is 6.92 Å². The number of hydrogen-bond donors (Lipinski definition) is 1. The summed E-state index contributed by atoms with van der Waals surface area (Å²) < 4.78 is 41.4. The predicted octanol–water partition coefficient (Wildman–Crippen LogP) is 3.57. The van der Waals surface area contributed by atoms with Gasteiger partial charge in [0.05, 0.1) is 13.7 Å². The summed E-state index contributed by atoms with van der Waals surface area (Å²) >= 11 is 0. The van der Waals surface area contributed by atoms with Crippen molar-refractivity contribution in [2.75, 3.05) is 25.6 Å². The summed E-state index contributed by atoms with van der Waals surface area (Å²) in [5.74, 6) is -2.45. The number of anilines is 1. The molecule has 0 aromatic heterocycles. The van der Waals surface area contributed by atoms with Crippen LogP contribution in [0.25, 0.3) is 6.08 Å². The zero-order valence-corrected chi connectivity index (χ0v) is 15.3. The fraction of sp³-hybridized carbons (Fsp3) is 0.200. The molecule has 28 heavy (non-hydrogen) atoms. The summed E-state index contributed by atoms with van der Waals surface area (Å²) in [5.41, 5.74) is 0.723. The minimum absolute atomic E-state index is 0.0528. The second-order valence-electron chi connectivity index (χ2n) is 5.46. The molecule has 1 N–H and O–H groups in total. The van der Waals surface area contributed by atoms with Gasteiger partial charge in [0.1, 0.15) is 0 Å². The first-order valence-corrected chi connectivity index (χ1v) is 8.33. The molecule has 0 aliphatic rings. The van der Waals surface area contributed by atoms with Gasteiger partial charge in [-0.05, 0) is 42.8 Å². The summed E-state index contributed by atoms with van der Waals surface area (Å²) in [5, 5.41) is 2.30. The second-order valence-corrected chi connectivity index (χ2v) is 5.46. The molecule has 0 fully saturated rings. The number of nitrogens with one attached hydrogen (secondary N) is 1. The van der Waals surface area contributed by atoms with Crippen molar-refractivity contribution in [2.24, 2.45) is 0 Å². The number of carbonyl (C=O) groups is 2. The Morgan fingerprint density at radius 1 is 1.07 bits per heavy atom. The number of methoxy groups -OCH3 is 1. The van der Waals surface area contributed by atoms with Crippen LogP contribution < -0.4 is 14.8 Å². The normalized spacial score (nSPS) is 10.6. The van der Waals surface area contributed by atoms with E-state index in [0.717, 1.165) is 18.2 Å². The summed E-state index contributed by atoms with van der Waals surface area (Å²) in [6, 6.07) is 8.02. The molecule has 0 saturated carbocycles. The Hall–Kier alpha value is -3.42. The van der Waals surface area contributed by atoms with E-state index in [9.17, 15) is 18.4 Å². The van der Waals surface area contributed by atoms with Gasteiger partial charge in [-0.3, -0.25) is 4.79 Å². The first-order chi connectivity index (χ1) is 13.4. The van der Waals surface area contributed by atoms with E-state index >= 15 is 0 Å². The van der Waals surface area contributed by atoms with Crippen molar-refractivity contribution < 1.29 is 32.6 Å². The molecule has 0 radical (unpaired) electrons. The fourth-order valence-electron chi connectivity index (χ4n) is 2.18. The van der Waals surface area contributed by atoms with Gasteiger partial charge in [0.2, 0.25) is 0 Å². The van der Waals surface area contributed by atoms with Gasteiger partial charge < -0.3 is 19.5 Å². The molecule has 8 heteroatoms. The smallest absolute Gasteiger partial charge is 0.331 e. The molecule has 6 nitrogen and oxygen atoms in total. The lowest BCUT2D eigenvalue weighted by Gasteiger charge is -2.09. The largest absolute Gasteiger partial charge is 0.493 e. The summed E-state index contributed by atoms with van der Waals surface area (Å²) in [6.07, 6.45) is 2.65. The van der Waals surface area contributed by atoms with E-state index in [2.05, 4.69) is 5.32 Å². The molecule has 2 rings (SSSR count). The van der Waals surface area contributed by atoms with Gasteiger partial charge in [-0.15, -0.1) is 0 Å². The lowest BCUT2D eigenvalue weighted by Crippen LogP contribution is -2.20. The Bertz CT molecular complexity index is 883. The van der Waals surface area contributed by atoms with Crippen LogP contribution in [0.15, 0.2) is 42.5 Å². The van der Waals surface area contributed by atoms with Crippen molar-refractivity contribution >= 4 is 23.6 Å². The van der Waals surface area contributed by atoms with Crippen molar-refractivity contribution in [3.63, 3.8) is 0 Å². The van der Waals surface area contributed by atoms with Crippen molar-refractivity contribution in [3.8, 4) is 11.5 Å². The maximum absolute atomic E-state index is 13.1. The van der Waals surface area contributed by atoms with E-state index in [-0.39, 0.29) is 5.69 Å². The van der Waals surface area contributed by atoms with Gasteiger partial charge >= 0.3 is 5.97 Å². The SMILES string of the molecule is CCOc1ccc(/C=C/C(=O)OCC(=O)Nc2ccc(F)c(F)c2)cc1OC. The van der Waals surface area contributed by atoms with Gasteiger partial charge in [-0.1, -0.05) is 6.07 Å². The van der Waals surface area contributed by atoms with Crippen LogP contribution in [-0.4, -0.2) is 32.2 Å². The Morgan fingerprint density at radius 3 is 2.54 bits per heavy atom. The van der Waals surface area contributed by atoms with Crippen LogP contribution in [0.3, 0.4) is 0 Å². The van der Waals surface area contributed by atoms with Crippen LogP contribution in [0.2, 0.25) is 0 Å². The third kappa shape index (κ3) is 6.08. The zero-order valence-electron chi connectivity index (χ0n) is 15.3. The topological polar surface area (TPSA) is 73.9 Å². The number of esters is 1. The number of ether oxygens (including phenoxy) is 3. The third-order valence-corrected chi connectivity index (χ3v) is 3.45. The van der Waals surface area contributed by atoms with Crippen molar-refractivity contribution in [2.45, 2.75) is 6.92 Å². The molecule has 2 aromatic carbocycles. The van der Waals surface area contributed by atoms with Gasteiger partial charge in [-0.25, -0.2) is 13.6 Å². The zero-order chi connectivity index (χ0) is 20.5. The molecule has 148 valence electrons. The van der Waals surface area contributed by atoms with Gasteiger partial charge in [0, 0.05) is 17.8 Å². The molecule has 0 aliphatic heterocycles. The second kappa shape index (κ2) is 10.1. The average molecular weight is 391 g/mol. The first-order valence-electron chi connectivity index (χ1n) is 8.33. The van der Waals surface area contributed by atoms with Gasteiger partial charge in [0.15, 0.2) is 29.7 Å². The predicted molar refractivity (Wildman–Crippen MR) is 99.1 cm³/mol. The number of amides is 1. The highest BCUT2D eigenvalue weighted by molar-refractivity contribution is 5.94. The number of hydrogen-bond acceptors (Lipinski definition) is 5. The monoisotopic (exact) mass is 391 g/mol. The Kier molecular flexibility index (Phi) is 7.50. The molecular weight excluding hydrogens is 372 g/mol. The Labute approximate surface area is 160 Å². The van der Waals surface area contributed by atoms with E-state index in [1.165, 1.54) is 19.3 Å². The van der Waals surface area contributed by atoms with E-state index in [0.29, 0.717) is 23.7 Å². The van der Waals surface area contributed by atoms with E-state index in [4.69, 9.17) is 14.2 Å². The number of halogens is 2. The summed E-state index contributed by atoms with van der Waals surface area (Å²) in [6.45, 7) is 1.77. The standard InChI is InChI=1S/C20H19F2NO5/c1-3-27-17-8-4-13(10-18(17)26-2)5-9-20(25)28-12-19(24)23-14-6-7-15(21)16(22)11-14/h4-11H,3,12H2,1-2H3,(H,23,24)/b9-5+. The number of rotatable bonds is 8. The lowest BCUT2D eigenvalue weighted by molar-refractivity contribution is -0.142. The third-order valence-electron chi connectivity index (χ3n) is 3.45. The van der Waals surface area contributed by atoms with E-state index < -0.39 is 30.1 Å². The van der Waals surface area contributed by atoms with Crippen LogP contribution in [0, 0.1) is 11.6 Å². The highest BCUT2D eigenvalue weighted by Gasteiger charge is 2.09. The molecule has 0 atom stereocenters. The van der Waals surface area contributed by atoms with Crippen LogP contribution in [0.1, 0.15) is 12.5 Å². The number of carbonyl (C=O) groups excluding carboxylic acids is 2. The minimum atomic E-state index is -1.09. The molecular formula is C20H19F2NO5. The highest BCUT2D eigenvalue weighted by atomic mass is 19.2. The van der Waals surface area contributed by atoms with Gasteiger partial charge in [-0.2, -0.15) is 0 Å². The minimum Gasteiger partial charge on any atom is -0.493 e. The quantitative estimate of drug-likeness (QED) is 0.550. The molecule has 0 aliphatic carbocycles. The Morgan fingerprint density at radius 2 is 1.86 bits per heavy atom. The molecule has 0 heterocycles. The van der Waals surface area contributed by atoms with Crippen molar-refractivity contribution in [3.05, 3.63) is 59.7 Å². The Balaban J connectivity index is 1.87. The van der Waals surface area contributed by atoms with E-state index in [1.54, 1.807) is 18.2 Å². The van der Waals surface area contributed by atoms with Crippen LogP contribution >= 0.6 is 0 Å². The lowest BCUT2D eigenvalue weighted by atomic mass is 10.2. The van der Waals surface area contributed by atoms with Crippen LogP contribution in [0.4, 0.5) is 14.5 Å². The summed E-state index contributed by atoms with van der Waals surface area (Å²) in [4.78, 5) is 23.5. The molecule has 0 saturated heterocycles. The molecule has 2 aromatic rings. The average Bonchev–Trinajstić information content (AvgIpc) is 2.68. The van der Waals surface area contributed by atoms with Crippen LogP contribution in [-0.2, 0) is 14.3 Å². The van der Waals surface area contributed by atoms with Crippen molar-refractivity contribution in [1.29, 1.82) is 0 Å². The first kappa shape index (κ1) is 20.9. The maximum Gasteiger partial charge on any atom is 0.331 e. The van der Waals surface area contributed by atoms with Gasteiger partial charge in [0.25, 0.3) is 5.91 Å². The molecule has 0 bridgehead atoms. The molecule has 0 unspecified atom stereocenters. The number of benzene rings is 2. The molecule has 1 amide bonds. The highest BCUT2D eigenvalue weighted by Crippen LogP contribution is 2.28. The van der Waals surface area contributed by atoms with Crippen LogP contribution in [0.5, 0.6) is 11.5 Å².